The van der Waals surface area contributed by atoms with Crippen molar-refractivity contribution >= 4 is 6.03 Å². The van der Waals surface area contributed by atoms with Gasteiger partial charge in [0.15, 0.2) is 0 Å². The van der Waals surface area contributed by atoms with Crippen LogP contribution in [-0.2, 0) is 0 Å². The van der Waals surface area contributed by atoms with Gasteiger partial charge in [-0.2, -0.15) is 0 Å². The summed E-state index contributed by atoms with van der Waals surface area (Å²) in [5.41, 5.74) is 5.35. The molecule has 0 unspecified atom stereocenters. The molecule has 0 heterocycles. The lowest BCUT2D eigenvalue weighted by atomic mass is 10.1. The van der Waals surface area contributed by atoms with Crippen LogP contribution in [0.3, 0.4) is 0 Å². The molecule has 16 heavy (non-hydrogen) atoms. The van der Waals surface area contributed by atoms with Gasteiger partial charge in [-0.25, -0.2) is 4.79 Å². The van der Waals surface area contributed by atoms with Crippen LogP contribution in [0.2, 0.25) is 0 Å². The van der Waals surface area contributed by atoms with Gasteiger partial charge in [-0.05, 0) is 12.8 Å². The van der Waals surface area contributed by atoms with Crippen LogP contribution in [0.25, 0.3) is 0 Å². The number of urea groups is 1. The van der Waals surface area contributed by atoms with Gasteiger partial charge in [0.2, 0.25) is 0 Å². The number of rotatable bonds is 10. The Labute approximate surface area is 100 Å². The molecular formula is C13H28N2O. The van der Waals surface area contributed by atoms with Gasteiger partial charge in [0.25, 0.3) is 0 Å². The maximum absolute atomic E-state index is 11.2. The Morgan fingerprint density at radius 1 is 0.875 bits per heavy atom. The largest absolute Gasteiger partial charge is 0.351 e. The van der Waals surface area contributed by atoms with Crippen LogP contribution in [0.1, 0.15) is 65.2 Å². The molecule has 0 saturated heterocycles. The molecule has 0 aromatic rings. The number of carbonyl (C=O) groups excluding carboxylic acids is 1. The highest BCUT2D eigenvalue weighted by Crippen LogP contribution is 2.05. The van der Waals surface area contributed by atoms with E-state index in [1.165, 1.54) is 38.5 Å². The minimum atomic E-state index is -0.258. The summed E-state index contributed by atoms with van der Waals surface area (Å²) < 4.78 is 0. The Morgan fingerprint density at radius 2 is 1.31 bits per heavy atom. The lowest BCUT2D eigenvalue weighted by molar-refractivity contribution is 0.205. The third-order valence-corrected chi connectivity index (χ3v) is 2.87. The summed E-state index contributed by atoms with van der Waals surface area (Å²) in [6.45, 7) is 6.04. The van der Waals surface area contributed by atoms with E-state index in [0.29, 0.717) is 0 Å². The van der Waals surface area contributed by atoms with E-state index in [1.54, 1.807) is 4.90 Å². The average Bonchev–Trinajstić information content (AvgIpc) is 2.26. The average molecular weight is 228 g/mol. The smallest absolute Gasteiger partial charge is 0.314 e. The molecule has 2 N–H and O–H groups in total. The Kier molecular flexibility index (Phi) is 10.3. The number of hydrogen-bond donors (Lipinski definition) is 1. The summed E-state index contributed by atoms with van der Waals surface area (Å²) in [4.78, 5) is 13.0. The second-order valence-corrected chi connectivity index (χ2v) is 4.45. The van der Waals surface area contributed by atoms with Gasteiger partial charge < -0.3 is 10.6 Å². The standard InChI is InChI=1S/C13H28N2O/c1-3-5-7-8-10-12-15(13(14)16)11-9-6-4-2/h3-12H2,1-2H3,(H2,14,16). The fourth-order valence-electron chi connectivity index (χ4n) is 1.79. The second-order valence-electron chi connectivity index (χ2n) is 4.45. The van der Waals surface area contributed by atoms with Gasteiger partial charge in [0, 0.05) is 13.1 Å². The fourth-order valence-corrected chi connectivity index (χ4v) is 1.79. The van der Waals surface area contributed by atoms with E-state index >= 15 is 0 Å². The molecule has 2 amide bonds. The molecule has 96 valence electrons. The van der Waals surface area contributed by atoms with Crippen molar-refractivity contribution in [2.75, 3.05) is 13.1 Å². The van der Waals surface area contributed by atoms with Crippen LogP contribution in [0.4, 0.5) is 4.79 Å². The molecule has 0 saturated carbocycles. The number of carbonyl (C=O) groups is 1. The van der Waals surface area contributed by atoms with Crippen molar-refractivity contribution in [1.29, 1.82) is 0 Å². The minimum absolute atomic E-state index is 0.258. The molecule has 0 aliphatic rings. The minimum Gasteiger partial charge on any atom is -0.351 e. The maximum Gasteiger partial charge on any atom is 0.314 e. The fraction of sp³-hybridized carbons (Fsp3) is 0.923. The topological polar surface area (TPSA) is 46.3 Å². The number of unbranched alkanes of at least 4 members (excludes halogenated alkanes) is 6. The SMILES string of the molecule is CCCCCCCN(CCCCC)C(N)=O. The van der Waals surface area contributed by atoms with Crippen LogP contribution >= 0.6 is 0 Å². The lowest BCUT2D eigenvalue weighted by Gasteiger charge is -2.20. The predicted octanol–water partition coefficient (Wildman–Crippen LogP) is 3.53. The van der Waals surface area contributed by atoms with Crippen LogP contribution < -0.4 is 5.73 Å². The van der Waals surface area contributed by atoms with Crippen molar-refractivity contribution in [3.8, 4) is 0 Å². The zero-order valence-electron chi connectivity index (χ0n) is 11.0. The van der Waals surface area contributed by atoms with E-state index in [4.69, 9.17) is 5.73 Å². The van der Waals surface area contributed by atoms with E-state index in [9.17, 15) is 4.79 Å². The maximum atomic E-state index is 11.2. The van der Waals surface area contributed by atoms with Crippen molar-refractivity contribution in [3.63, 3.8) is 0 Å². The molecule has 3 nitrogen and oxygen atoms in total. The predicted molar refractivity (Wildman–Crippen MR) is 69.4 cm³/mol. The van der Waals surface area contributed by atoms with E-state index in [-0.39, 0.29) is 6.03 Å². The number of nitrogens with zero attached hydrogens (tertiary/aromatic N) is 1. The Hall–Kier alpha value is -0.730. The molecular weight excluding hydrogens is 200 g/mol. The number of hydrogen-bond acceptors (Lipinski definition) is 1. The molecule has 3 heteroatoms. The van der Waals surface area contributed by atoms with Crippen molar-refractivity contribution in [3.05, 3.63) is 0 Å². The first-order chi connectivity index (χ1) is 7.72. The van der Waals surface area contributed by atoms with Gasteiger partial charge in [0.1, 0.15) is 0 Å². The summed E-state index contributed by atoms with van der Waals surface area (Å²) in [5, 5.41) is 0. The molecule has 0 fully saturated rings. The Morgan fingerprint density at radius 3 is 1.81 bits per heavy atom. The van der Waals surface area contributed by atoms with Gasteiger partial charge in [0.05, 0.1) is 0 Å². The van der Waals surface area contributed by atoms with Gasteiger partial charge in [-0.15, -0.1) is 0 Å². The Balaban J connectivity index is 3.56. The zero-order chi connectivity index (χ0) is 12.2. The molecule has 0 aliphatic heterocycles. The molecule has 0 aromatic carbocycles. The summed E-state index contributed by atoms with van der Waals surface area (Å²) >= 11 is 0. The zero-order valence-corrected chi connectivity index (χ0v) is 11.0. The molecule has 0 radical (unpaired) electrons. The van der Waals surface area contributed by atoms with Crippen LogP contribution in [0.15, 0.2) is 0 Å². The highest BCUT2D eigenvalue weighted by Gasteiger charge is 2.07. The third kappa shape index (κ3) is 8.57. The monoisotopic (exact) mass is 228 g/mol. The van der Waals surface area contributed by atoms with Crippen LogP contribution in [0.5, 0.6) is 0 Å². The van der Waals surface area contributed by atoms with Crippen molar-refractivity contribution in [2.45, 2.75) is 65.2 Å². The van der Waals surface area contributed by atoms with E-state index in [0.717, 1.165) is 25.9 Å². The van der Waals surface area contributed by atoms with Crippen LogP contribution in [-0.4, -0.2) is 24.0 Å². The van der Waals surface area contributed by atoms with E-state index in [1.807, 2.05) is 0 Å². The number of amides is 2. The van der Waals surface area contributed by atoms with Crippen LogP contribution in [0, 0.1) is 0 Å². The quantitative estimate of drug-likeness (QED) is 0.571. The van der Waals surface area contributed by atoms with E-state index < -0.39 is 0 Å². The third-order valence-electron chi connectivity index (χ3n) is 2.87. The molecule has 0 atom stereocenters. The number of nitrogens with two attached hydrogens (primary N) is 1. The highest BCUT2D eigenvalue weighted by molar-refractivity contribution is 5.71. The molecule has 0 aliphatic carbocycles. The lowest BCUT2D eigenvalue weighted by Crippen LogP contribution is -2.37. The van der Waals surface area contributed by atoms with Gasteiger partial charge in [-0.1, -0.05) is 52.4 Å². The Bertz CT molecular complexity index is 171. The first-order valence-corrected chi connectivity index (χ1v) is 6.76. The van der Waals surface area contributed by atoms with Crippen molar-refractivity contribution < 1.29 is 4.79 Å². The molecule has 0 rings (SSSR count). The first kappa shape index (κ1) is 15.3. The molecule has 0 spiro atoms. The van der Waals surface area contributed by atoms with Crippen molar-refractivity contribution in [1.82, 2.24) is 4.90 Å². The first-order valence-electron chi connectivity index (χ1n) is 6.76. The normalized spacial score (nSPS) is 10.4. The van der Waals surface area contributed by atoms with Crippen molar-refractivity contribution in [2.24, 2.45) is 5.73 Å². The molecule has 0 bridgehead atoms. The summed E-state index contributed by atoms with van der Waals surface area (Å²) in [7, 11) is 0. The highest BCUT2D eigenvalue weighted by atomic mass is 16.2. The summed E-state index contributed by atoms with van der Waals surface area (Å²) in [6, 6.07) is -0.258. The number of primary amides is 1. The van der Waals surface area contributed by atoms with E-state index in [2.05, 4.69) is 13.8 Å². The summed E-state index contributed by atoms with van der Waals surface area (Å²) in [5.74, 6) is 0. The van der Waals surface area contributed by atoms with Gasteiger partial charge in [-0.3, -0.25) is 0 Å². The second kappa shape index (κ2) is 10.8. The van der Waals surface area contributed by atoms with Gasteiger partial charge >= 0.3 is 6.03 Å². The summed E-state index contributed by atoms with van der Waals surface area (Å²) in [6.07, 6.45) is 9.58. The molecule has 0 aromatic heterocycles.